The van der Waals surface area contributed by atoms with Gasteiger partial charge in [-0.2, -0.15) is 0 Å². The van der Waals surface area contributed by atoms with Crippen molar-refractivity contribution < 1.29 is 9.53 Å². The van der Waals surface area contributed by atoms with Crippen LogP contribution >= 0.6 is 11.8 Å². The van der Waals surface area contributed by atoms with Crippen molar-refractivity contribution in [2.45, 2.75) is 58.8 Å². The van der Waals surface area contributed by atoms with E-state index in [-0.39, 0.29) is 12.3 Å². The quantitative estimate of drug-likeness (QED) is 0.612. The van der Waals surface area contributed by atoms with Gasteiger partial charge in [0.2, 0.25) is 0 Å². The molecule has 1 atom stereocenters. The van der Waals surface area contributed by atoms with Crippen LogP contribution in [0.25, 0.3) is 0 Å². The van der Waals surface area contributed by atoms with Crippen LogP contribution in [0.2, 0.25) is 0 Å². The van der Waals surface area contributed by atoms with Crippen LogP contribution in [-0.4, -0.2) is 53.3 Å². The standard InChI is InChI=1S/C14H28N4O2S/c1-5-21-13(18-8-6-12(15)7-9-18)16-11(4)17-14(19)20-10(2)3/h10-12H,5-9,15H2,1-4H3,(H,17,19). The van der Waals surface area contributed by atoms with E-state index in [1.165, 1.54) is 0 Å². The number of amidine groups is 1. The number of aliphatic imine (C=N–C) groups is 1. The van der Waals surface area contributed by atoms with E-state index in [0.29, 0.717) is 6.04 Å². The summed E-state index contributed by atoms with van der Waals surface area (Å²) >= 11 is 1.70. The average Bonchev–Trinajstić information content (AvgIpc) is 2.37. The highest BCUT2D eigenvalue weighted by atomic mass is 32.2. The molecule has 1 aliphatic heterocycles. The number of hydrogen-bond acceptors (Lipinski definition) is 5. The van der Waals surface area contributed by atoms with Crippen LogP contribution in [0, 0.1) is 0 Å². The first-order valence-electron chi connectivity index (χ1n) is 7.60. The number of nitrogens with zero attached hydrogens (tertiary/aromatic N) is 2. The Labute approximate surface area is 131 Å². The van der Waals surface area contributed by atoms with Crippen molar-refractivity contribution in [3.05, 3.63) is 0 Å². The van der Waals surface area contributed by atoms with Gasteiger partial charge in [-0.25, -0.2) is 9.79 Å². The summed E-state index contributed by atoms with van der Waals surface area (Å²) in [6.07, 6.45) is 1.11. The van der Waals surface area contributed by atoms with E-state index in [1.807, 2.05) is 20.8 Å². The number of likely N-dealkylation sites (tertiary alicyclic amines) is 1. The Morgan fingerprint density at radius 2 is 2.05 bits per heavy atom. The fourth-order valence-corrected chi connectivity index (χ4v) is 2.90. The molecule has 1 amide bonds. The number of nitrogens with one attached hydrogen (secondary N) is 1. The molecule has 0 radical (unpaired) electrons. The molecule has 7 heteroatoms. The van der Waals surface area contributed by atoms with Gasteiger partial charge in [0.25, 0.3) is 0 Å². The zero-order chi connectivity index (χ0) is 15.8. The van der Waals surface area contributed by atoms with Gasteiger partial charge < -0.3 is 15.4 Å². The third-order valence-corrected chi connectivity index (χ3v) is 3.97. The lowest BCUT2D eigenvalue weighted by Gasteiger charge is -2.32. The molecule has 21 heavy (non-hydrogen) atoms. The van der Waals surface area contributed by atoms with Crippen LogP contribution in [-0.2, 0) is 4.74 Å². The highest BCUT2D eigenvalue weighted by molar-refractivity contribution is 8.13. The minimum atomic E-state index is -0.428. The molecular weight excluding hydrogens is 288 g/mol. The van der Waals surface area contributed by atoms with E-state index in [2.05, 4.69) is 22.1 Å². The summed E-state index contributed by atoms with van der Waals surface area (Å²) in [6.45, 7) is 9.45. The first kappa shape index (κ1) is 18.1. The second-order valence-corrected chi connectivity index (χ2v) is 6.67. The summed E-state index contributed by atoms with van der Waals surface area (Å²) in [5, 5.41) is 3.71. The molecule has 0 aromatic carbocycles. The first-order chi connectivity index (χ1) is 9.92. The lowest BCUT2D eigenvalue weighted by Crippen LogP contribution is -2.43. The first-order valence-corrected chi connectivity index (χ1v) is 8.59. The fourth-order valence-electron chi connectivity index (χ4n) is 2.05. The summed E-state index contributed by atoms with van der Waals surface area (Å²) in [5.41, 5.74) is 5.94. The SMILES string of the molecule is CCSC(=NC(C)NC(=O)OC(C)C)N1CCC(N)CC1. The van der Waals surface area contributed by atoms with Crippen molar-refractivity contribution >= 4 is 23.0 Å². The summed E-state index contributed by atoms with van der Waals surface area (Å²) < 4.78 is 5.07. The number of carbonyl (C=O) groups excluding carboxylic acids is 1. The third kappa shape index (κ3) is 7.04. The average molecular weight is 316 g/mol. The maximum Gasteiger partial charge on any atom is 0.409 e. The van der Waals surface area contributed by atoms with Crippen LogP contribution in [0.4, 0.5) is 4.79 Å². The number of alkyl carbamates (subject to hydrolysis) is 1. The topological polar surface area (TPSA) is 80.0 Å². The minimum absolute atomic E-state index is 0.130. The summed E-state index contributed by atoms with van der Waals surface area (Å²) in [7, 11) is 0. The zero-order valence-electron chi connectivity index (χ0n) is 13.5. The molecule has 0 aromatic rings. The summed E-state index contributed by atoms with van der Waals surface area (Å²) in [6, 6.07) is 0.297. The van der Waals surface area contributed by atoms with Gasteiger partial charge in [0.15, 0.2) is 5.17 Å². The molecule has 1 aliphatic rings. The molecule has 122 valence electrons. The van der Waals surface area contributed by atoms with Crippen molar-refractivity contribution in [2.24, 2.45) is 10.7 Å². The maximum atomic E-state index is 11.6. The van der Waals surface area contributed by atoms with E-state index in [9.17, 15) is 4.79 Å². The Bertz CT molecular complexity index is 355. The number of thioether (sulfide) groups is 1. The van der Waals surface area contributed by atoms with Crippen molar-refractivity contribution in [3.63, 3.8) is 0 Å². The monoisotopic (exact) mass is 316 g/mol. The van der Waals surface area contributed by atoms with Crippen LogP contribution in [0.1, 0.15) is 40.5 Å². The Kier molecular flexibility index (Phi) is 7.88. The van der Waals surface area contributed by atoms with Gasteiger partial charge in [-0.05, 0) is 39.4 Å². The van der Waals surface area contributed by atoms with Gasteiger partial charge in [0, 0.05) is 19.1 Å². The van der Waals surface area contributed by atoms with Crippen LogP contribution in [0.3, 0.4) is 0 Å². The summed E-state index contributed by atoms with van der Waals surface area (Å²) in [5.74, 6) is 0.949. The number of piperidine rings is 1. The molecule has 0 spiro atoms. The van der Waals surface area contributed by atoms with E-state index in [0.717, 1.165) is 36.9 Å². The number of carbonyl (C=O) groups is 1. The lowest BCUT2D eigenvalue weighted by molar-refractivity contribution is 0.113. The second-order valence-electron chi connectivity index (χ2n) is 5.44. The highest BCUT2D eigenvalue weighted by Crippen LogP contribution is 2.16. The van der Waals surface area contributed by atoms with E-state index in [4.69, 9.17) is 10.5 Å². The van der Waals surface area contributed by atoms with Crippen molar-refractivity contribution in [1.29, 1.82) is 0 Å². The lowest BCUT2D eigenvalue weighted by atomic mass is 10.1. The normalized spacial score (nSPS) is 18.8. The molecule has 0 bridgehead atoms. The molecule has 1 fully saturated rings. The molecular formula is C14H28N4O2S. The predicted octanol–water partition coefficient (Wildman–Crippen LogP) is 2.00. The van der Waals surface area contributed by atoms with Gasteiger partial charge in [-0.3, -0.25) is 5.32 Å². The van der Waals surface area contributed by atoms with Gasteiger partial charge in [0.1, 0.15) is 6.17 Å². The van der Waals surface area contributed by atoms with Crippen molar-refractivity contribution in [3.8, 4) is 0 Å². The predicted molar refractivity (Wildman–Crippen MR) is 88.6 cm³/mol. The van der Waals surface area contributed by atoms with E-state index >= 15 is 0 Å². The third-order valence-electron chi connectivity index (χ3n) is 3.06. The van der Waals surface area contributed by atoms with Crippen LogP contribution < -0.4 is 11.1 Å². The van der Waals surface area contributed by atoms with Crippen LogP contribution in [0.15, 0.2) is 4.99 Å². The summed E-state index contributed by atoms with van der Waals surface area (Å²) in [4.78, 5) is 18.5. The van der Waals surface area contributed by atoms with Gasteiger partial charge in [-0.1, -0.05) is 18.7 Å². The number of rotatable bonds is 4. The second kappa shape index (κ2) is 9.15. The molecule has 1 heterocycles. The van der Waals surface area contributed by atoms with E-state index in [1.54, 1.807) is 11.8 Å². The van der Waals surface area contributed by atoms with E-state index < -0.39 is 6.09 Å². The molecule has 3 N–H and O–H groups in total. The molecule has 0 saturated carbocycles. The number of amides is 1. The molecule has 1 unspecified atom stereocenters. The highest BCUT2D eigenvalue weighted by Gasteiger charge is 2.20. The fraction of sp³-hybridized carbons (Fsp3) is 0.857. The smallest absolute Gasteiger partial charge is 0.409 e. The molecule has 0 aromatic heterocycles. The number of ether oxygens (including phenoxy) is 1. The number of nitrogens with two attached hydrogens (primary N) is 1. The Morgan fingerprint density at radius 1 is 1.43 bits per heavy atom. The van der Waals surface area contributed by atoms with Crippen molar-refractivity contribution in [2.75, 3.05) is 18.8 Å². The molecule has 1 rings (SSSR count). The maximum absolute atomic E-state index is 11.6. The largest absolute Gasteiger partial charge is 0.447 e. The molecule has 1 saturated heterocycles. The Morgan fingerprint density at radius 3 is 2.57 bits per heavy atom. The van der Waals surface area contributed by atoms with Gasteiger partial charge in [-0.15, -0.1) is 0 Å². The Balaban J connectivity index is 2.59. The number of hydrogen-bond donors (Lipinski definition) is 2. The molecule has 6 nitrogen and oxygen atoms in total. The minimum Gasteiger partial charge on any atom is -0.447 e. The zero-order valence-corrected chi connectivity index (χ0v) is 14.3. The van der Waals surface area contributed by atoms with Crippen LogP contribution in [0.5, 0.6) is 0 Å². The van der Waals surface area contributed by atoms with Gasteiger partial charge in [0.05, 0.1) is 6.10 Å². The molecule has 0 aliphatic carbocycles. The van der Waals surface area contributed by atoms with Crippen molar-refractivity contribution in [1.82, 2.24) is 10.2 Å². The van der Waals surface area contributed by atoms with Gasteiger partial charge >= 0.3 is 6.09 Å². The Hall–Kier alpha value is -0.950.